The van der Waals surface area contributed by atoms with Gasteiger partial charge in [0.1, 0.15) is 5.69 Å². The van der Waals surface area contributed by atoms with Crippen molar-refractivity contribution in [1.82, 2.24) is 9.47 Å². The molecule has 2 atom stereocenters. The number of likely N-dealkylation sites (tertiary alicyclic amines) is 1. The van der Waals surface area contributed by atoms with Crippen LogP contribution >= 0.6 is 0 Å². The molecule has 1 saturated carbocycles. The molecule has 2 unspecified atom stereocenters. The van der Waals surface area contributed by atoms with Crippen LogP contribution in [0.4, 0.5) is 23.7 Å². The average Bonchev–Trinajstić information content (AvgIpc) is 3.36. The van der Waals surface area contributed by atoms with Crippen LogP contribution in [0, 0.1) is 23.4 Å². The van der Waals surface area contributed by atoms with Gasteiger partial charge in [0.25, 0.3) is 0 Å². The summed E-state index contributed by atoms with van der Waals surface area (Å²) in [6, 6.07) is -0.369. The highest BCUT2D eigenvalue weighted by Crippen LogP contribution is 2.43. The average molecular weight is 423 g/mol. The number of benzene rings is 1. The Morgan fingerprint density at radius 2 is 1.87 bits per heavy atom. The molecule has 0 bridgehead atoms. The summed E-state index contributed by atoms with van der Waals surface area (Å²) in [7, 11) is 1.93. The van der Waals surface area contributed by atoms with Crippen molar-refractivity contribution < 1.29 is 27.8 Å². The summed E-state index contributed by atoms with van der Waals surface area (Å²) in [6.07, 6.45) is 1.36. The SMILES string of the molecule is CN1CC2CCN(c3c(F)c(F)c4c(=O)c(OC(=O)O)cn(C5CC5)c4c3F)C2C1. The normalized spacial score (nSPS) is 23.9. The van der Waals surface area contributed by atoms with Crippen LogP contribution in [0.2, 0.25) is 0 Å². The Hall–Kier alpha value is -2.75. The zero-order valence-corrected chi connectivity index (χ0v) is 16.2. The van der Waals surface area contributed by atoms with Crippen LogP contribution in [0.5, 0.6) is 5.75 Å². The van der Waals surface area contributed by atoms with Gasteiger partial charge in [0.05, 0.1) is 17.1 Å². The lowest BCUT2D eigenvalue weighted by atomic mass is 10.0. The molecule has 7 nitrogen and oxygen atoms in total. The first-order valence-electron chi connectivity index (χ1n) is 9.89. The first kappa shape index (κ1) is 19.2. The van der Waals surface area contributed by atoms with Gasteiger partial charge < -0.3 is 24.2 Å². The van der Waals surface area contributed by atoms with Gasteiger partial charge in [0.15, 0.2) is 23.2 Å². The lowest BCUT2D eigenvalue weighted by Crippen LogP contribution is -2.36. The van der Waals surface area contributed by atoms with E-state index in [1.165, 1.54) is 4.57 Å². The quantitative estimate of drug-likeness (QED) is 0.605. The first-order chi connectivity index (χ1) is 14.3. The third-order valence-electron chi connectivity index (χ3n) is 6.39. The van der Waals surface area contributed by atoms with E-state index in [4.69, 9.17) is 5.11 Å². The van der Waals surface area contributed by atoms with Crippen molar-refractivity contribution in [3.05, 3.63) is 33.9 Å². The number of likely N-dealkylation sites (N-methyl/N-ethyl adjacent to an activating group) is 1. The molecule has 160 valence electrons. The Morgan fingerprint density at radius 3 is 2.53 bits per heavy atom. The Bertz CT molecular complexity index is 1130. The molecule has 0 spiro atoms. The fourth-order valence-corrected chi connectivity index (χ4v) is 4.97. The number of pyridine rings is 1. The molecule has 2 aromatic rings. The highest BCUT2D eigenvalue weighted by molar-refractivity contribution is 5.87. The topological polar surface area (TPSA) is 75.0 Å². The van der Waals surface area contributed by atoms with Gasteiger partial charge in [-0.05, 0) is 32.2 Å². The lowest BCUT2D eigenvalue weighted by molar-refractivity contribution is 0.143. The molecule has 1 aromatic heterocycles. The van der Waals surface area contributed by atoms with Crippen LogP contribution in [-0.2, 0) is 0 Å². The van der Waals surface area contributed by atoms with E-state index in [0.717, 1.165) is 19.2 Å². The number of nitrogens with zero attached hydrogens (tertiary/aromatic N) is 3. The number of rotatable bonds is 3. The fraction of sp³-hybridized carbons (Fsp3) is 0.500. The summed E-state index contributed by atoms with van der Waals surface area (Å²) in [5, 5.41) is 8.04. The van der Waals surface area contributed by atoms with Crippen LogP contribution in [0.15, 0.2) is 11.0 Å². The summed E-state index contributed by atoms with van der Waals surface area (Å²) >= 11 is 0. The molecule has 2 aliphatic heterocycles. The second-order valence-corrected chi connectivity index (χ2v) is 8.37. The van der Waals surface area contributed by atoms with Gasteiger partial charge in [-0.3, -0.25) is 4.79 Å². The largest absolute Gasteiger partial charge is 0.511 e. The smallest absolute Gasteiger partial charge is 0.449 e. The third kappa shape index (κ3) is 2.77. The number of carbonyl (C=O) groups is 1. The molecule has 1 aliphatic carbocycles. The first-order valence-corrected chi connectivity index (χ1v) is 9.89. The molecular weight excluding hydrogens is 403 g/mol. The zero-order valence-electron chi connectivity index (χ0n) is 16.2. The van der Waals surface area contributed by atoms with Crippen molar-refractivity contribution in [3.63, 3.8) is 0 Å². The molecule has 1 N–H and O–H groups in total. The molecule has 10 heteroatoms. The Labute approximate surface area is 169 Å². The van der Waals surface area contributed by atoms with Crippen molar-refractivity contribution >= 4 is 22.7 Å². The summed E-state index contributed by atoms with van der Waals surface area (Å²) in [5.74, 6) is -4.34. The Balaban J connectivity index is 1.76. The predicted molar refractivity (Wildman–Crippen MR) is 102 cm³/mol. The molecule has 3 fully saturated rings. The van der Waals surface area contributed by atoms with Gasteiger partial charge in [-0.15, -0.1) is 0 Å². The zero-order chi connectivity index (χ0) is 21.3. The highest BCUT2D eigenvalue weighted by Gasteiger charge is 2.43. The fourth-order valence-electron chi connectivity index (χ4n) is 4.97. The molecule has 2 saturated heterocycles. The van der Waals surface area contributed by atoms with Crippen LogP contribution in [0.25, 0.3) is 10.9 Å². The number of aromatic nitrogens is 1. The second kappa shape index (κ2) is 6.63. The monoisotopic (exact) mass is 423 g/mol. The number of fused-ring (bicyclic) bond motifs is 2. The van der Waals surface area contributed by atoms with E-state index in [2.05, 4.69) is 9.64 Å². The molecule has 0 radical (unpaired) electrons. The van der Waals surface area contributed by atoms with Crippen molar-refractivity contribution in [1.29, 1.82) is 0 Å². The van der Waals surface area contributed by atoms with Crippen LogP contribution in [-0.4, -0.2) is 53.5 Å². The minimum Gasteiger partial charge on any atom is -0.449 e. The predicted octanol–water partition coefficient (Wildman–Crippen LogP) is 2.95. The van der Waals surface area contributed by atoms with Crippen molar-refractivity contribution in [2.75, 3.05) is 31.6 Å². The van der Waals surface area contributed by atoms with E-state index in [1.807, 2.05) is 7.05 Å². The number of anilines is 1. The van der Waals surface area contributed by atoms with Crippen LogP contribution < -0.4 is 15.1 Å². The van der Waals surface area contributed by atoms with E-state index in [0.29, 0.717) is 25.9 Å². The van der Waals surface area contributed by atoms with E-state index in [-0.39, 0.29) is 23.5 Å². The van der Waals surface area contributed by atoms with Gasteiger partial charge in [-0.2, -0.15) is 0 Å². The Morgan fingerprint density at radius 1 is 1.13 bits per heavy atom. The van der Waals surface area contributed by atoms with E-state index < -0.39 is 45.9 Å². The molecule has 5 rings (SSSR count). The third-order valence-corrected chi connectivity index (χ3v) is 6.39. The van der Waals surface area contributed by atoms with Crippen LogP contribution in [0.3, 0.4) is 0 Å². The summed E-state index contributed by atoms with van der Waals surface area (Å²) in [4.78, 5) is 27.2. The minimum atomic E-state index is -1.76. The van der Waals surface area contributed by atoms with Gasteiger partial charge in [0.2, 0.25) is 5.43 Å². The van der Waals surface area contributed by atoms with E-state index in [9.17, 15) is 9.59 Å². The number of ether oxygens (including phenoxy) is 1. The van der Waals surface area contributed by atoms with Gasteiger partial charge in [-0.25, -0.2) is 18.0 Å². The Kier molecular flexibility index (Phi) is 4.25. The molecule has 1 aromatic carbocycles. The standard InChI is InChI=1S/C20H20F3N3O4/c1-24-6-9-4-5-25(11(9)7-24)18-15(22)14(21)13-17(16(18)23)26(10-2-3-10)8-12(19(13)27)30-20(28)29/h8-11H,2-7H2,1H3,(H,28,29). The van der Waals surface area contributed by atoms with Gasteiger partial charge >= 0.3 is 6.16 Å². The second-order valence-electron chi connectivity index (χ2n) is 8.37. The van der Waals surface area contributed by atoms with Gasteiger partial charge in [0, 0.05) is 31.7 Å². The summed E-state index contributed by atoms with van der Waals surface area (Å²) in [5.41, 5.74) is -1.99. The number of halogens is 3. The molecule has 3 heterocycles. The minimum absolute atomic E-state index is 0.133. The van der Waals surface area contributed by atoms with Crippen molar-refractivity contribution in [2.45, 2.75) is 31.3 Å². The maximum atomic E-state index is 15.8. The number of carboxylic acid groups (broad SMARTS) is 1. The van der Waals surface area contributed by atoms with Crippen molar-refractivity contribution in [2.24, 2.45) is 5.92 Å². The highest BCUT2D eigenvalue weighted by atomic mass is 19.2. The molecular formula is C20H20F3N3O4. The lowest BCUT2D eigenvalue weighted by Gasteiger charge is -2.28. The number of hydrogen-bond acceptors (Lipinski definition) is 5. The molecule has 3 aliphatic rings. The van der Waals surface area contributed by atoms with Gasteiger partial charge in [-0.1, -0.05) is 0 Å². The summed E-state index contributed by atoms with van der Waals surface area (Å²) in [6.45, 7) is 1.82. The molecule has 30 heavy (non-hydrogen) atoms. The van der Waals surface area contributed by atoms with E-state index >= 15 is 13.2 Å². The maximum Gasteiger partial charge on any atom is 0.511 e. The summed E-state index contributed by atoms with van der Waals surface area (Å²) < 4.78 is 51.8. The molecule has 0 amide bonds. The van der Waals surface area contributed by atoms with Crippen LogP contribution in [0.1, 0.15) is 25.3 Å². The van der Waals surface area contributed by atoms with Crippen molar-refractivity contribution in [3.8, 4) is 5.75 Å². The number of hydrogen-bond donors (Lipinski definition) is 1. The van der Waals surface area contributed by atoms with E-state index in [1.54, 1.807) is 4.90 Å². The maximum absolute atomic E-state index is 15.8.